The molecule has 1 aromatic heterocycles. The maximum Gasteiger partial charge on any atom is 0.109 e. The lowest BCUT2D eigenvalue weighted by Gasteiger charge is -2.20. The molecule has 1 heterocycles. The topological polar surface area (TPSA) is 38.0 Å². The summed E-state index contributed by atoms with van der Waals surface area (Å²) in [5, 5.41) is 16.2. The van der Waals surface area contributed by atoms with E-state index in [0.29, 0.717) is 15.6 Å². The van der Waals surface area contributed by atoms with Gasteiger partial charge in [0.15, 0.2) is 0 Å². The number of aliphatic hydroxyl groups is 1. The first-order chi connectivity index (χ1) is 9.20. The SMILES string of the molecule is Cn1cc(C(O)c2cc(Cl)ccc2Cl)c(C(C)(C)C)n1. The van der Waals surface area contributed by atoms with E-state index in [1.807, 2.05) is 13.2 Å². The zero-order valence-corrected chi connectivity index (χ0v) is 13.5. The lowest BCUT2D eigenvalue weighted by molar-refractivity contribution is 0.217. The molecule has 1 aromatic carbocycles. The summed E-state index contributed by atoms with van der Waals surface area (Å²) in [6.45, 7) is 6.18. The number of aromatic nitrogens is 2. The molecule has 0 aliphatic carbocycles. The number of hydrogen-bond acceptors (Lipinski definition) is 2. The highest BCUT2D eigenvalue weighted by Crippen LogP contribution is 2.35. The van der Waals surface area contributed by atoms with Crippen molar-refractivity contribution in [2.75, 3.05) is 0 Å². The van der Waals surface area contributed by atoms with Crippen LogP contribution in [-0.2, 0) is 12.5 Å². The van der Waals surface area contributed by atoms with Crippen molar-refractivity contribution < 1.29 is 5.11 Å². The molecule has 0 spiro atoms. The van der Waals surface area contributed by atoms with Crippen LogP contribution >= 0.6 is 23.2 Å². The molecular formula is C15H18Cl2N2O. The van der Waals surface area contributed by atoms with E-state index in [4.69, 9.17) is 23.2 Å². The normalized spacial score (nSPS) is 13.6. The van der Waals surface area contributed by atoms with Gasteiger partial charge in [-0.15, -0.1) is 0 Å². The molecule has 1 N–H and O–H groups in total. The second kappa shape index (κ2) is 5.40. The van der Waals surface area contributed by atoms with E-state index in [9.17, 15) is 5.11 Å². The van der Waals surface area contributed by atoms with Crippen molar-refractivity contribution in [3.8, 4) is 0 Å². The van der Waals surface area contributed by atoms with Crippen molar-refractivity contribution in [1.29, 1.82) is 0 Å². The van der Waals surface area contributed by atoms with Gasteiger partial charge in [-0.3, -0.25) is 4.68 Å². The van der Waals surface area contributed by atoms with Crippen LogP contribution in [0.2, 0.25) is 10.0 Å². The Morgan fingerprint density at radius 3 is 2.45 bits per heavy atom. The minimum atomic E-state index is -0.843. The number of aryl methyl sites for hydroxylation is 1. The first kappa shape index (κ1) is 15.4. The number of rotatable bonds is 2. The quantitative estimate of drug-likeness (QED) is 0.906. The van der Waals surface area contributed by atoms with Crippen molar-refractivity contribution in [3.63, 3.8) is 0 Å². The van der Waals surface area contributed by atoms with Crippen molar-refractivity contribution in [2.45, 2.75) is 32.3 Å². The Labute approximate surface area is 129 Å². The van der Waals surface area contributed by atoms with E-state index < -0.39 is 6.10 Å². The molecule has 5 heteroatoms. The van der Waals surface area contributed by atoms with Gasteiger partial charge >= 0.3 is 0 Å². The Hall–Kier alpha value is -1.03. The predicted octanol–water partition coefficient (Wildman–Crippen LogP) is 4.11. The maximum atomic E-state index is 10.7. The van der Waals surface area contributed by atoms with Crippen molar-refractivity contribution >= 4 is 23.2 Å². The van der Waals surface area contributed by atoms with Crippen molar-refractivity contribution in [2.24, 2.45) is 7.05 Å². The third kappa shape index (κ3) is 3.00. The molecule has 2 rings (SSSR count). The lowest BCUT2D eigenvalue weighted by atomic mass is 9.87. The Morgan fingerprint density at radius 2 is 1.85 bits per heavy atom. The van der Waals surface area contributed by atoms with Crippen LogP contribution in [0.25, 0.3) is 0 Å². The van der Waals surface area contributed by atoms with Gasteiger partial charge in [-0.05, 0) is 18.2 Å². The Kier molecular flexibility index (Phi) is 4.14. The summed E-state index contributed by atoms with van der Waals surface area (Å²) in [5.41, 5.74) is 2.04. The average Bonchev–Trinajstić information content (AvgIpc) is 2.73. The molecule has 2 aromatic rings. The Bertz CT molecular complexity index is 629. The van der Waals surface area contributed by atoms with Gasteiger partial charge in [-0.25, -0.2) is 0 Å². The number of halogens is 2. The van der Waals surface area contributed by atoms with Crippen LogP contribution in [-0.4, -0.2) is 14.9 Å². The largest absolute Gasteiger partial charge is 0.383 e. The van der Waals surface area contributed by atoms with E-state index in [-0.39, 0.29) is 5.41 Å². The zero-order valence-electron chi connectivity index (χ0n) is 12.0. The average molecular weight is 313 g/mol. The molecule has 0 saturated heterocycles. The van der Waals surface area contributed by atoms with Crippen LogP contribution in [0.1, 0.15) is 43.7 Å². The van der Waals surface area contributed by atoms with E-state index in [1.54, 1.807) is 22.9 Å². The number of benzene rings is 1. The third-order valence-corrected chi connectivity index (χ3v) is 3.69. The van der Waals surface area contributed by atoms with Crippen LogP contribution in [0.3, 0.4) is 0 Å². The molecule has 3 nitrogen and oxygen atoms in total. The van der Waals surface area contributed by atoms with Crippen molar-refractivity contribution in [3.05, 3.63) is 51.3 Å². The second-order valence-electron chi connectivity index (χ2n) is 5.93. The van der Waals surface area contributed by atoms with Gasteiger partial charge in [0.2, 0.25) is 0 Å². The maximum absolute atomic E-state index is 10.7. The Morgan fingerprint density at radius 1 is 1.20 bits per heavy atom. The summed E-state index contributed by atoms with van der Waals surface area (Å²) in [4.78, 5) is 0. The third-order valence-electron chi connectivity index (χ3n) is 3.11. The van der Waals surface area contributed by atoms with Crippen LogP contribution in [0, 0.1) is 0 Å². The summed E-state index contributed by atoms with van der Waals surface area (Å²) >= 11 is 12.2. The monoisotopic (exact) mass is 312 g/mol. The molecule has 1 atom stereocenters. The molecular weight excluding hydrogens is 295 g/mol. The van der Waals surface area contributed by atoms with E-state index in [2.05, 4.69) is 25.9 Å². The highest BCUT2D eigenvalue weighted by atomic mass is 35.5. The molecule has 108 valence electrons. The van der Waals surface area contributed by atoms with Gasteiger partial charge in [0.05, 0.1) is 5.69 Å². The highest BCUT2D eigenvalue weighted by Gasteiger charge is 2.27. The molecule has 0 amide bonds. The molecule has 0 fully saturated rings. The molecule has 0 aliphatic heterocycles. The molecule has 0 radical (unpaired) electrons. The van der Waals surface area contributed by atoms with Gasteiger partial charge in [-0.1, -0.05) is 44.0 Å². The standard InChI is InChI=1S/C15H18Cl2N2O/c1-15(2,3)14-11(8-19(4)18-14)13(20)10-7-9(16)5-6-12(10)17/h5-8,13,20H,1-4H3. The van der Waals surface area contributed by atoms with E-state index >= 15 is 0 Å². The summed E-state index contributed by atoms with van der Waals surface area (Å²) in [5.74, 6) is 0. The predicted molar refractivity (Wildman–Crippen MR) is 82.4 cm³/mol. The van der Waals surface area contributed by atoms with E-state index in [1.165, 1.54) is 0 Å². The summed E-state index contributed by atoms with van der Waals surface area (Å²) in [7, 11) is 1.84. The fraction of sp³-hybridized carbons (Fsp3) is 0.400. The van der Waals surface area contributed by atoms with Crippen LogP contribution in [0.4, 0.5) is 0 Å². The van der Waals surface area contributed by atoms with Crippen LogP contribution < -0.4 is 0 Å². The summed E-state index contributed by atoms with van der Waals surface area (Å²) in [6, 6.07) is 5.08. The summed E-state index contributed by atoms with van der Waals surface area (Å²) < 4.78 is 1.71. The first-order valence-electron chi connectivity index (χ1n) is 6.37. The number of aliphatic hydroxyl groups excluding tert-OH is 1. The van der Waals surface area contributed by atoms with Gasteiger partial charge in [0, 0.05) is 39.8 Å². The summed E-state index contributed by atoms with van der Waals surface area (Å²) in [6.07, 6.45) is 0.979. The Balaban J connectivity index is 2.54. The van der Waals surface area contributed by atoms with Gasteiger partial charge in [-0.2, -0.15) is 5.10 Å². The molecule has 20 heavy (non-hydrogen) atoms. The van der Waals surface area contributed by atoms with Gasteiger partial charge < -0.3 is 5.11 Å². The van der Waals surface area contributed by atoms with E-state index in [0.717, 1.165) is 11.3 Å². The molecule has 0 aliphatic rings. The van der Waals surface area contributed by atoms with Gasteiger partial charge in [0.1, 0.15) is 6.10 Å². The van der Waals surface area contributed by atoms with Crippen LogP contribution in [0.15, 0.2) is 24.4 Å². The van der Waals surface area contributed by atoms with Crippen LogP contribution in [0.5, 0.6) is 0 Å². The smallest absolute Gasteiger partial charge is 0.109 e. The van der Waals surface area contributed by atoms with Gasteiger partial charge in [0.25, 0.3) is 0 Å². The minimum Gasteiger partial charge on any atom is -0.383 e. The highest BCUT2D eigenvalue weighted by molar-refractivity contribution is 6.33. The number of hydrogen-bond donors (Lipinski definition) is 1. The first-order valence-corrected chi connectivity index (χ1v) is 7.13. The molecule has 0 bridgehead atoms. The minimum absolute atomic E-state index is 0.164. The fourth-order valence-electron chi connectivity index (χ4n) is 2.18. The zero-order chi connectivity index (χ0) is 15.1. The molecule has 1 unspecified atom stereocenters. The van der Waals surface area contributed by atoms with Crippen molar-refractivity contribution in [1.82, 2.24) is 9.78 Å². The second-order valence-corrected chi connectivity index (χ2v) is 6.77. The molecule has 0 saturated carbocycles. The lowest BCUT2D eigenvalue weighted by Crippen LogP contribution is -2.16. The number of nitrogens with zero attached hydrogens (tertiary/aromatic N) is 2. The fourth-order valence-corrected chi connectivity index (χ4v) is 2.58.